The Hall–Kier alpha value is -2.29. The summed E-state index contributed by atoms with van der Waals surface area (Å²) in [7, 11) is 0. The lowest BCUT2D eigenvalue weighted by molar-refractivity contribution is 0.0534. The molecular weight excluding hydrogens is 300 g/mol. The van der Waals surface area contributed by atoms with Crippen molar-refractivity contribution in [3.05, 3.63) is 65.7 Å². The fourth-order valence-corrected chi connectivity index (χ4v) is 2.63. The lowest BCUT2D eigenvalue weighted by Gasteiger charge is -2.18. The van der Waals surface area contributed by atoms with E-state index in [9.17, 15) is 4.79 Å². The third-order valence-electron chi connectivity index (χ3n) is 3.93. The van der Waals surface area contributed by atoms with Gasteiger partial charge in [0.05, 0.1) is 0 Å². The maximum atomic E-state index is 12.3. The molecular formula is C21H26O3. The maximum Gasteiger partial charge on any atom is 0.514 e. The summed E-state index contributed by atoms with van der Waals surface area (Å²) >= 11 is 0. The van der Waals surface area contributed by atoms with Gasteiger partial charge in [-0.3, -0.25) is 0 Å². The summed E-state index contributed by atoms with van der Waals surface area (Å²) < 4.78 is 11.1. The van der Waals surface area contributed by atoms with Gasteiger partial charge in [0.2, 0.25) is 0 Å². The summed E-state index contributed by atoms with van der Waals surface area (Å²) in [6.45, 7) is 4.22. The van der Waals surface area contributed by atoms with Gasteiger partial charge < -0.3 is 9.47 Å². The van der Waals surface area contributed by atoms with Crippen LogP contribution in [0.5, 0.6) is 5.75 Å². The van der Waals surface area contributed by atoms with Crippen molar-refractivity contribution in [3.8, 4) is 5.75 Å². The molecule has 0 spiro atoms. The molecule has 3 nitrogen and oxygen atoms in total. The molecule has 0 fully saturated rings. The Balaban J connectivity index is 2.03. The third-order valence-corrected chi connectivity index (χ3v) is 3.93. The third kappa shape index (κ3) is 5.41. The van der Waals surface area contributed by atoms with Gasteiger partial charge in [0, 0.05) is 0 Å². The quantitative estimate of drug-likeness (QED) is 0.435. The second-order valence-electron chi connectivity index (χ2n) is 5.87. The number of benzene rings is 2. The highest BCUT2D eigenvalue weighted by Crippen LogP contribution is 2.25. The Morgan fingerprint density at radius 1 is 0.958 bits per heavy atom. The zero-order valence-electron chi connectivity index (χ0n) is 14.5. The molecule has 2 rings (SSSR count). The number of para-hydroxylation sites is 1. The summed E-state index contributed by atoms with van der Waals surface area (Å²) in [5.74, 6) is 0.597. The summed E-state index contributed by atoms with van der Waals surface area (Å²) in [4.78, 5) is 12.3. The van der Waals surface area contributed by atoms with Gasteiger partial charge in [0.25, 0.3) is 0 Å². The van der Waals surface area contributed by atoms with Crippen LogP contribution in [0.3, 0.4) is 0 Å². The van der Waals surface area contributed by atoms with Crippen LogP contribution in [0.4, 0.5) is 4.79 Å². The summed E-state index contributed by atoms with van der Waals surface area (Å²) in [5, 5.41) is 0. The Bertz CT molecular complexity index is 622. The first-order valence-electron chi connectivity index (χ1n) is 8.75. The van der Waals surface area contributed by atoms with Crippen molar-refractivity contribution in [2.45, 2.75) is 52.1 Å². The molecule has 0 aliphatic rings. The molecule has 24 heavy (non-hydrogen) atoms. The van der Waals surface area contributed by atoms with E-state index in [0.29, 0.717) is 5.75 Å². The monoisotopic (exact) mass is 326 g/mol. The SMILES string of the molecule is CCCCc1ccccc1OC(=O)OC(CCC)c1ccccc1. The molecule has 2 aromatic rings. The minimum Gasteiger partial charge on any atom is -0.426 e. The lowest BCUT2D eigenvalue weighted by atomic mass is 10.1. The molecule has 0 bridgehead atoms. The molecule has 1 unspecified atom stereocenters. The summed E-state index contributed by atoms with van der Waals surface area (Å²) in [6, 6.07) is 17.5. The number of unbranched alkanes of at least 4 members (excludes halogenated alkanes) is 1. The number of ether oxygens (including phenoxy) is 2. The highest BCUT2D eigenvalue weighted by Gasteiger charge is 2.18. The van der Waals surface area contributed by atoms with Crippen LogP contribution >= 0.6 is 0 Å². The number of aryl methyl sites for hydroxylation is 1. The molecule has 0 heterocycles. The van der Waals surface area contributed by atoms with Gasteiger partial charge in [-0.05, 0) is 36.5 Å². The first kappa shape index (κ1) is 18.1. The zero-order valence-corrected chi connectivity index (χ0v) is 14.5. The predicted molar refractivity (Wildman–Crippen MR) is 96.3 cm³/mol. The molecule has 0 saturated carbocycles. The molecule has 3 heteroatoms. The summed E-state index contributed by atoms with van der Waals surface area (Å²) in [6.07, 6.45) is 3.87. The number of carbonyl (C=O) groups is 1. The van der Waals surface area contributed by atoms with Crippen molar-refractivity contribution in [1.82, 2.24) is 0 Å². The van der Waals surface area contributed by atoms with E-state index in [1.54, 1.807) is 0 Å². The van der Waals surface area contributed by atoms with E-state index in [1.807, 2.05) is 54.6 Å². The van der Waals surface area contributed by atoms with E-state index in [-0.39, 0.29) is 6.10 Å². The average Bonchev–Trinajstić information content (AvgIpc) is 2.61. The molecule has 0 aliphatic heterocycles. The van der Waals surface area contributed by atoms with Crippen LogP contribution in [0, 0.1) is 0 Å². The van der Waals surface area contributed by atoms with Gasteiger partial charge >= 0.3 is 6.16 Å². The van der Waals surface area contributed by atoms with E-state index in [2.05, 4.69) is 13.8 Å². The first-order chi connectivity index (χ1) is 11.7. The number of hydrogen-bond acceptors (Lipinski definition) is 3. The number of rotatable bonds is 8. The van der Waals surface area contributed by atoms with Crippen molar-refractivity contribution >= 4 is 6.16 Å². The Labute approximate surface area is 144 Å². The van der Waals surface area contributed by atoms with E-state index in [0.717, 1.165) is 43.2 Å². The molecule has 0 aliphatic carbocycles. The Morgan fingerprint density at radius 2 is 1.67 bits per heavy atom. The highest BCUT2D eigenvalue weighted by molar-refractivity contribution is 5.65. The van der Waals surface area contributed by atoms with Crippen molar-refractivity contribution < 1.29 is 14.3 Å². The van der Waals surface area contributed by atoms with Crippen LogP contribution in [-0.2, 0) is 11.2 Å². The summed E-state index contributed by atoms with van der Waals surface area (Å²) in [5.41, 5.74) is 2.04. The fourth-order valence-electron chi connectivity index (χ4n) is 2.63. The standard InChI is InChI=1S/C21H26O3/c1-3-5-12-17-15-9-10-16-20(17)24-21(22)23-19(11-4-2)18-13-7-6-8-14-18/h6-10,13-16,19H,3-5,11-12H2,1-2H3. The number of carbonyl (C=O) groups excluding carboxylic acids is 1. The zero-order chi connectivity index (χ0) is 17.2. The van der Waals surface area contributed by atoms with Gasteiger partial charge in [0.1, 0.15) is 11.9 Å². The maximum absolute atomic E-state index is 12.3. The predicted octanol–water partition coefficient (Wildman–Crippen LogP) is 6.09. The van der Waals surface area contributed by atoms with E-state index < -0.39 is 6.16 Å². The van der Waals surface area contributed by atoms with Gasteiger partial charge in [-0.1, -0.05) is 75.2 Å². The topological polar surface area (TPSA) is 35.5 Å². The average molecular weight is 326 g/mol. The molecule has 0 amide bonds. The highest BCUT2D eigenvalue weighted by atomic mass is 16.7. The second kappa shape index (κ2) is 9.76. The van der Waals surface area contributed by atoms with Gasteiger partial charge in [-0.2, -0.15) is 0 Å². The smallest absolute Gasteiger partial charge is 0.426 e. The Morgan fingerprint density at radius 3 is 2.38 bits per heavy atom. The van der Waals surface area contributed by atoms with Gasteiger partial charge in [-0.25, -0.2) is 4.79 Å². The fraction of sp³-hybridized carbons (Fsp3) is 0.381. The van der Waals surface area contributed by atoms with Crippen molar-refractivity contribution in [2.75, 3.05) is 0 Å². The first-order valence-corrected chi connectivity index (χ1v) is 8.75. The van der Waals surface area contributed by atoms with E-state index in [4.69, 9.17) is 9.47 Å². The van der Waals surface area contributed by atoms with Gasteiger partial charge in [0.15, 0.2) is 0 Å². The van der Waals surface area contributed by atoms with Crippen molar-refractivity contribution in [2.24, 2.45) is 0 Å². The molecule has 2 aromatic carbocycles. The second-order valence-corrected chi connectivity index (χ2v) is 5.87. The van der Waals surface area contributed by atoms with E-state index >= 15 is 0 Å². The van der Waals surface area contributed by atoms with E-state index in [1.165, 1.54) is 0 Å². The van der Waals surface area contributed by atoms with Crippen LogP contribution in [0.25, 0.3) is 0 Å². The molecule has 0 aromatic heterocycles. The molecule has 0 N–H and O–H groups in total. The lowest BCUT2D eigenvalue weighted by Crippen LogP contribution is -2.16. The molecule has 1 atom stereocenters. The normalized spacial score (nSPS) is 11.8. The molecule has 0 radical (unpaired) electrons. The van der Waals surface area contributed by atoms with Gasteiger partial charge in [-0.15, -0.1) is 0 Å². The molecule has 128 valence electrons. The largest absolute Gasteiger partial charge is 0.514 e. The van der Waals surface area contributed by atoms with Crippen LogP contribution < -0.4 is 4.74 Å². The number of hydrogen-bond donors (Lipinski definition) is 0. The van der Waals surface area contributed by atoms with Crippen LogP contribution in [0.2, 0.25) is 0 Å². The van der Waals surface area contributed by atoms with Crippen molar-refractivity contribution in [3.63, 3.8) is 0 Å². The van der Waals surface area contributed by atoms with Crippen molar-refractivity contribution in [1.29, 1.82) is 0 Å². The van der Waals surface area contributed by atoms with Crippen LogP contribution in [0.15, 0.2) is 54.6 Å². The molecule has 0 saturated heterocycles. The minimum atomic E-state index is -0.638. The van der Waals surface area contributed by atoms with Crippen LogP contribution in [-0.4, -0.2) is 6.16 Å². The minimum absolute atomic E-state index is 0.272. The van der Waals surface area contributed by atoms with Crippen LogP contribution in [0.1, 0.15) is 56.8 Å². The Kier molecular flexibility index (Phi) is 7.34.